The first-order chi connectivity index (χ1) is 11.8. The Morgan fingerprint density at radius 3 is 2.42 bits per heavy atom. The van der Waals surface area contributed by atoms with Gasteiger partial charge in [-0.15, -0.1) is 0 Å². The van der Waals surface area contributed by atoms with E-state index < -0.39 is 0 Å². The van der Waals surface area contributed by atoms with Crippen LogP contribution in [0.25, 0.3) is 0 Å². The number of hydrogen-bond acceptors (Lipinski definition) is 3. The molecular formula is C21H25NO2. The predicted octanol–water partition coefficient (Wildman–Crippen LogP) is 4.20. The van der Waals surface area contributed by atoms with E-state index in [9.17, 15) is 4.79 Å². The molecule has 1 aliphatic heterocycles. The van der Waals surface area contributed by atoms with Crippen molar-refractivity contribution in [1.29, 1.82) is 0 Å². The van der Waals surface area contributed by atoms with Gasteiger partial charge < -0.3 is 4.74 Å². The third-order valence-electron chi connectivity index (χ3n) is 4.66. The van der Waals surface area contributed by atoms with Gasteiger partial charge in [-0.05, 0) is 30.4 Å². The number of hydrogen-bond donors (Lipinski definition) is 0. The number of likely N-dealkylation sites (tertiary alicyclic amines) is 1. The van der Waals surface area contributed by atoms with Gasteiger partial charge in [-0.25, -0.2) is 0 Å². The van der Waals surface area contributed by atoms with Crippen LogP contribution in [0.1, 0.15) is 36.9 Å². The van der Waals surface area contributed by atoms with E-state index in [1.165, 1.54) is 11.1 Å². The number of nitrogens with zero attached hydrogens (tertiary/aromatic N) is 1. The van der Waals surface area contributed by atoms with E-state index in [1.54, 1.807) is 0 Å². The number of rotatable bonds is 6. The van der Waals surface area contributed by atoms with Crippen molar-refractivity contribution in [3.05, 3.63) is 71.8 Å². The molecule has 126 valence electrons. The summed E-state index contributed by atoms with van der Waals surface area (Å²) < 4.78 is 5.14. The maximum absolute atomic E-state index is 11.9. The molecule has 2 unspecified atom stereocenters. The Labute approximate surface area is 144 Å². The van der Waals surface area contributed by atoms with E-state index in [0.29, 0.717) is 25.0 Å². The van der Waals surface area contributed by atoms with Gasteiger partial charge in [0.15, 0.2) is 0 Å². The van der Waals surface area contributed by atoms with Crippen LogP contribution in [0.3, 0.4) is 0 Å². The topological polar surface area (TPSA) is 29.5 Å². The molecule has 0 amide bonds. The molecule has 1 fully saturated rings. The maximum atomic E-state index is 11.9. The zero-order valence-electron chi connectivity index (χ0n) is 14.2. The molecule has 0 N–H and O–H groups in total. The molecule has 1 heterocycles. The summed E-state index contributed by atoms with van der Waals surface area (Å²) in [5.41, 5.74) is 2.65. The number of benzene rings is 2. The molecule has 3 nitrogen and oxygen atoms in total. The lowest BCUT2D eigenvalue weighted by atomic mass is 9.97. The molecule has 1 aliphatic rings. The lowest BCUT2D eigenvalue weighted by Crippen LogP contribution is -2.24. The molecule has 2 atom stereocenters. The second-order valence-electron chi connectivity index (χ2n) is 6.45. The molecule has 3 rings (SSSR count). The van der Waals surface area contributed by atoms with Crippen molar-refractivity contribution in [3.63, 3.8) is 0 Å². The van der Waals surface area contributed by atoms with E-state index in [4.69, 9.17) is 4.74 Å². The van der Waals surface area contributed by atoms with Crippen LogP contribution >= 0.6 is 0 Å². The van der Waals surface area contributed by atoms with Gasteiger partial charge in [-0.1, -0.05) is 60.7 Å². The van der Waals surface area contributed by atoms with Crippen LogP contribution in [0.2, 0.25) is 0 Å². The van der Waals surface area contributed by atoms with E-state index in [1.807, 2.05) is 13.0 Å². The lowest BCUT2D eigenvalue weighted by molar-refractivity contribution is -0.144. The second kappa shape index (κ2) is 8.11. The molecule has 0 saturated carbocycles. The fourth-order valence-electron chi connectivity index (χ4n) is 3.62. The van der Waals surface area contributed by atoms with E-state index in [0.717, 1.165) is 19.5 Å². The summed E-state index contributed by atoms with van der Waals surface area (Å²) in [5, 5.41) is 0. The molecule has 0 radical (unpaired) electrons. The molecule has 0 aromatic heterocycles. The summed E-state index contributed by atoms with van der Waals surface area (Å²) in [4.78, 5) is 14.4. The van der Waals surface area contributed by atoms with E-state index in [2.05, 4.69) is 59.5 Å². The van der Waals surface area contributed by atoms with Crippen LogP contribution in [-0.2, 0) is 16.1 Å². The Balaban J connectivity index is 1.74. The molecule has 3 heteroatoms. The van der Waals surface area contributed by atoms with Gasteiger partial charge in [0.25, 0.3) is 0 Å². The number of carbonyl (C=O) groups excluding carboxylic acids is 1. The third-order valence-corrected chi connectivity index (χ3v) is 4.66. The number of carbonyl (C=O) groups is 1. The van der Waals surface area contributed by atoms with Crippen molar-refractivity contribution in [2.24, 2.45) is 5.92 Å². The largest absolute Gasteiger partial charge is 0.466 e. The van der Waals surface area contributed by atoms with Gasteiger partial charge in [0.2, 0.25) is 0 Å². The Morgan fingerprint density at radius 1 is 1.08 bits per heavy atom. The fourth-order valence-corrected chi connectivity index (χ4v) is 3.62. The van der Waals surface area contributed by atoms with Crippen molar-refractivity contribution in [2.45, 2.75) is 32.4 Å². The van der Waals surface area contributed by atoms with Crippen molar-refractivity contribution < 1.29 is 9.53 Å². The predicted molar refractivity (Wildman–Crippen MR) is 95.4 cm³/mol. The summed E-state index contributed by atoms with van der Waals surface area (Å²) in [5.74, 6) is 0.286. The Hall–Kier alpha value is -2.13. The van der Waals surface area contributed by atoms with Crippen LogP contribution in [0.4, 0.5) is 0 Å². The lowest BCUT2D eigenvalue weighted by Gasteiger charge is -2.24. The van der Waals surface area contributed by atoms with Crippen molar-refractivity contribution in [2.75, 3.05) is 13.2 Å². The van der Waals surface area contributed by atoms with Crippen molar-refractivity contribution >= 4 is 5.97 Å². The third kappa shape index (κ3) is 4.24. The molecule has 24 heavy (non-hydrogen) atoms. The molecular weight excluding hydrogens is 298 g/mol. The van der Waals surface area contributed by atoms with Crippen LogP contribution in [0, 0.1) is 5.92 Å². The van der Waals surface area contributed by atoms with Crippen LogP contribution < -0.4 is 0 Å². The summed E-state index contributed by atoms with van der Waals surface area (Å²) in [7, 11) is 0. The van der Waals surface area contributed by atoms with Gasteiger partial charge in [-0.2, -0.15) is 0 Å². The van der Waals surface area contributed by atoms with Crippen LogP contribution in [0.15, 0.2) is 60.7 Å². The van der Waals surface area contributed by atoms with Gasteiger partial charge in [0, 0.05) is 25.6 Å². The zero-order chi connectivity index (χ0) is 16.8. The minimum Gasteiger partial charge on any atom is -0.466 e. The minimum atomic E-state index is -0.0733. The normalized spacial score (nSPS) is 20.9. The SMILES string of the molecule is CCOC(=O)CC1CC(c2ccccc2)N(Cc2ccccc2)C1. The molecule has 2 aromatic rings. The van der Waals surface area contributed by atoms with Gasteiger partial charge in [0.05, 0.1) is 6.61 Å². The average molecular weight is 323 g/mol. The first-order valence-electron chi connectivity index (χ1n) is 8.74. The highest BCUT2D eigenvalue weighted by Crippen LogP contribution is 2.37. The molecule has 0 spiro atoms. The van der Waals surface area contributed by atoms with Gasteiger partial charge >= 0.3 is 5.97 Å². The monoisotopic (exact) mass is 323 g/mol. The highest BCUT2D eigenvalue weighted by molar-refractivity contribution is 5.69. The van der Waals surface area contributed by atoms with Gasteiger partial charge in [-0.3, -0.25) is 9.69 Å². The van der Waals surface area contributed by atoms with Gasteiger partial charge in [0.1, 0.15) is 0 Å². The first-order valence-corrected chi connectivity index (χ1v) is 8.74. The smallest absolute Gasteiger partial charge is 0.306 e. The summed E-state index contributed by atoms with van der Waals surface area (Å²) in [6.07, 6.45) is 1.53. The molecule has 1 saturated heterocycles. The summed E-state index contributed by atoms with van der Waals surface area (Å²) in [6.45, 7) is 4.18. The Kier molecular flexibility index (Phi) is 5.65. The standard InChI is InChI=1S/C21H25NO2/c1-2-24-21(23)14-18-13-20(19-11-7-4-8-12-19)22(16-18)15-17-9-5-3-6-10-17/h3-12,18,20H,2,13-16H2,1H3. The zero-order valence-corrected chi connectivity index (χ0v) is 14.2. The summed E-state index contributed by atoms with van der Waals surface area (Å²) >= 11 is 0. The number of esters is 1. The average Bonchev–Trinajstić information content (AvgIpc) is 2.99. The fraction of sp³-hybridized carbons (Fsp3) is 0.381. The number of ether oxygens (including phenoxy) is 1. The van der Waals surface area contributed by atoms with Crippen molar-refractivity contribution in [1.82, 2.24) is 4.90 Å². The minimum absolute atomic E-state index is 0.0733. The van der Waals surface area contributed by atoms with Crippen LogP contribution in [0.5, 0.6) is 0 Å². The van der Waals surface area contributed by atoms with Crippen molar-refractivity contribution in [3.8, 4) is 0 Å². The van der Waals surface area contributed by atoms with E-state index in [-0.39, 0.29) is 5.97 Å². The van der Waals surface area contributed by atoms with E-state index >= 15 is 0 Å². The Bertz CT molecular complexity index is 641. The Morgan fingerprint density at radius 2 is 1.75 bits per heavy atom. The summed E-state index contributed by atoms with van der Waals surface area (Å²) in [6, 6.07) is 21.5. The highest BCUT2D eigenvalue weighted by atomic mass is 16.5. The maximum Gasteiger partial charge on any atom is 0.306 e. The molecule has 0 aliphatic carbocycles. The molecule has 0 bridgehead atoms. The van der Waals surface area contributed by atoms with Crippen LogP contribution in [-0.4, -0.2) is 24.0 Å². The molecule has 2 aromatic carbocycles. The first kappa shape index (κ1) is 16.7. The quantitative estimate of drug-likeness (QED) is 0.746. The highest BCUT2D eigenvalue weighted by Gasteiger charge is 2.34. The second-order valence-corrected chi connectivity index (χ2v) is 6.45.